The van der Waals surface area contributed by atoms with Crippen LogP contribution >= 0.6 is 0 Å². The lowest BCUT2D eigenvalue weighted by molar-refractivity contribution is -0.127. The third-order valence-electron chi connectivity index (χ3n) is 3.72. The molecule has 0 spiro atoms. The van der Waals surface area contributed by atoms with Crippen LogP contribution in [0.25, 0.3) is 0 Å². The quantitative estimate of drug-likeness (QED) is 0.818. The Labute approximate surface area is 125 Å². The molecule has 1 aliphatic rings. The number of carbonyl (C=O) groups is 2. The van der Waals surface area contributed by atoms with Gasteiger partial charge in [-0.25, -0.2) is 0 Å². The molecule has 0 aromatic heterocycles. The van der Waals surface area contributed by atoms with Crippen LogP contribution < -0.4 is 11.1 Å². The number of carbonyl (C=O) groups excluding carboxylic acids is 2. The normalized spacial score (nSPS) is 16.1. The minimum atomic E-state index is -0.0989. The second kappa shape index (κ2) is 7.22. The Balaban J connectivity index is 1.96. The molecular weight excluding hydrogens is 266 g/mol. The van der Waals surface area contributed by atoms with Gasteiger partial charge in [0.05, 0.1) is 0 Å². The fraction of sp³-hybridized carbons (Fsp3) is 0.500. The van der Waals surface area contributed by atoms with Crippen LogP contribution in [0.1, 0.15) is 35.7 Å². The second-order valence-electron chi connectivity index (χ2n) is 5.51. The van der Waals surface area contributed by atoms with Gasteiger partial charge in [-0.1, -0.05) is 18.2 Å². The first-order valence-corrected chi connectivity index (χ1v) is 7.48. The van der Waals surface area contributed by atoms with E-state index in [1.807, 2.05) is 36.1 Å². The summed E-state index contributed by atoms with van der Waals surface area (Å²) in [4.78, 5) is 25.8. The second-order valence-corrected chi connectivity index (χ2v) is 5.51. The Kier molecular flexibility index (Phi) is 5.33. The SMILES string of the molecule is CC(CN1CCCC1=O)NC(=O)c1ccccc1CCN. The van der Waals surface area contributed by atoms with Gasteiger partial charge in [0.2, 0.25) is 5.91 Å². The lowest BCUT2D eigenvalue weighted by atomic mass is 10.0. The van der Waals surface area contributed by atoms with Crippen LogP contribution in [-0.2, 0) is 11.2 Å². The molecule has 1 fully saturated rings. The van der Waals surface area contributed by atoms with E-state index < -0.39 is 0 Å². The number of amides is 2. The van der Waals surface area contributed by atoms with Gasteiger partial charge in [0.25, 0.3) is 5.91 Å². The number of nitrogens with zero attached hydrogens (tertiary/aromatic N) is 1. The fourth-order valence-electron chi connectivity index (χ4n) is 2.69. The first kappa shape index (κ1) is 15.5. The highest BCUT2D eigenvalue weighted by molar-refractivity contribution is 5.95. The molecule has 1 unspecified atom stereocenters. The molecule has 0 radical (unpaired) electrons. The number of nitrogens with two attached hydrogens (primary N) is 1. The maximum absolute atomic E-state index is 12.4. The Morgan fingerprint density at radius 3 is 2.86 bits per heavy atom. The topological polar surface area (TPSA) is 75.4 Å². The number of nitrogens with one attached hydrogen (secondary N) is 1. The van der Waals surface area contributed by atoms with E-state index in [0.717, 1.165) is 18.5 Å². The van der Waals surface area contributed by atoms with Crippen molar-refractivity contribution < 1.29 is 9.59 Å². The summed E-state index contributed by atoms with van der Waals surface area (Å²) in [5.41, 5.74) is 7.21. The van der Waals surface area contributed by atoms with Crippen molar-refractivity contribution in [3.8, 4) is 0 Å². The molecule has 114 valence electrons. The summed E-state index contributed by atoms with van der Waals surface area (Å²) in [5.74, 6) is 0.0813. The van der Waals surface area contributed by atoms with Crippen molar-refractivity contribution in [3.05, 3.63) is 35.4 Å². The van der Waals surface area contributed by atoms with Crippen molar-refractivity contribution in [3.63, 3.8) is 0 Å². The van der Waals surface area contributed by atoms with Gasteiger partial charge >= 0.3 is 0 Å². The van der Waals surface area contributed by atoms with Crippen molar-refractivity contribution in [2.45, 2.75) is 32.2 Å². The summed E-state index contributed by atoms with van der Waals surface area (Å²) in [7, 11) is 0. The number of benzene rings is 1. The number of hydrogen-bond donors (Lipinski definition) is 2. The van der Waals surface area contributed by atoms with Gasteiger partial charge in [0.1, 0.15) is 0 Å². The molecule has 1 saturated heterocycles. The molecule has 1 aromatic rings. The minimum Gasteiger partial charge on any atom is -0.348 e. The Hall–Kier alpha value is -1.88. The van der Waals surface area contributed by atoms with Crippen LogP contribution in [0.15, 0.2) is 24.3 Å². The molecular formula is C16H23N3O2. The molecule has 1 aliphatic heterocycles. The maximum atomic E-state index is 12.4. The first-order valence-electron chi connectivity index (χ1n) is 7.48. The zero-order valence-electron chi connectivity index (χ0n) is 12.5. The molecule has 1 heterocycles. The van der Waals surface area contributed by atoms with Gasteiger partial charge in [-0.2, -0.15) is 0 Å². The number of likely N-dealkylation sites (tertiary alicyclic amines) is 1. The van der Waals surface area contributed by atoms with E-state index in [-0.39, 0.29) is 17.9 Å². The highest BCUT2D eigenvalue weighted by Crippen LogP contribution is 2.12. The van der Waals surface area contributed by atoms with Gasteiger partial charge in [-0.05, 0) is 37.9 Å². The summed E-state index contributed by atoms with van der Waals surface area (Å²) < 4.78 is 0. The molecule has 1 atom stereocenters. The maximum Gasteiger partial charge on any atom is 0.251 e. The molecule has 21 heavy (non-hydrogen) atoms. The molecule has 2 rings (SSSR count). The van der Waals surface area contributed by atoms with Gasteiger partial charge in [-0.3, -0.25) is 9.59 Å². The lowest BCUT2D eigenvalue weighted by Crippen LogP contribution is -2.42. The monoisotopic (exact) mass is 289 g/mol. The van der Waals surface area contributed by atoms with Gasteiger partial charge < -0.3 is 16.0 Å². The predicted octanol–water partition coefficient (Wildman–Crippen LogP) is 0.928. The molecule has 1 aromatic carbocycles. The summed E-state index contributed by atoms with van der Waals surface area (Å²) in [6.07, 6.45) is 2.22. The van der Waals surface area contributed by atoms with Crippen molar-refractivity contribution >= 4 is 11.8 Å². The van der Waals surface area contributed by atoms with E-state index in [1.54, 1.807) is 0 Å². The highest BCUT2D eigenvalue weighted by Gasteiger charge is 2.22. The lowest BCUT2D eigenvalue weighted by Gasteiger charge is -2.22. The summed E-state index contributed by atoms with van der Waals surface area (Å²) in [6, 6.07) is 7.44. The molecule has 0 bridgehead atoms. The Bertz CT molecular complexity index is 516. The van der Waals surface area contributed by atoms with Crippen LogP contribution in [0, 0.1) is 0 Å². The Morgan fingerprint density at radius 1 is 1.43 bits per heavy atom. The molecule has 0 aliphatic carbocycles. The summed E-state index contributed by atoms with van der Waals surface area (Å²) in [5, 5.41) is 2.97. The third kappa shape index (κ3) is 4.04. The summed E-state index contributed by atoms with van der Waals surface area (Å²) in [6.45, 7) is 3.81. The van der Waals surface area contributed by atoms with Gasteiger partial charge in [0.15, 0.2) is 0 Å². The average molecular weight is 289 g/mol. The molecule has 5 nitrogen and oxygen atoms in total. The van der Waals surface area contributed by atoms with E-state index >= 15 is 0 Å². The highest BCUT2D eigenvalue weighted by atomic mass is 16.2. The third-order valence-corrected chi connectivity index (χ3v) is 3.72. The van der Waals surface area contributed by atoms with E-state index in [9.17, 15) is 9.59 Å². The molecule has 2 amide bonds. The van der Waals surface area contributed by atoms with Crippen molar-refractivity contribution in [1.82, 2.24) is 10.2 Å². The van der Waals surface area contributed by atoms with Gasteiger partial charge in [0, 0.05) is 31.1 Å². The largest absolute Gasteiger partial charge is 0.348 e. The Morgan fingerprint density at radius 2 is 2.19 bits per heavy atom. The van der Waals surface area contributed by atoms with Gasteiger partial charge in [-0.15, -0.1) is 0 Å². The van der Waals surface area contributed by atoms with Crippen LogP contribution in [0.3, 0.4) is 0 Å². The van der Waals surface area contributed by atoms with E-state index in [4.69, 9.17) is 5.73 Å². The smallest absolute Gasteiger partial charge is 0.251 e. The minimum absolute atomic E-state index is 0.0644. The molecule has 3 N–H and O–H groups in total. The zero-order valence-corrected chi connectivity index (χ0v) is 12.5. The van der Waals surface area contributed by atoms with Crippen LogP contribution in [0.2, 0.25) is 0 Å². The predicted molar refractivity (Wildman–Crippen MR) is 81.9 cm³/mol. The number of rotatable bonds is 6. The van der Waals surface area contributed by atoms with E-state index in [1.165, 1.54) is 0 Å². The summed E-state index contributed by atoms with van der Waals surface area (Å²) >= 11 is 0. The standard InChI is InChI=1S/C16H23N3O2/c1-12(11-19-10-4-7-15(19)20)18-16(21)14-6-3-2-5-13(14)8-9-17/h2-3,5-6,12H,4,7-11,17H2,1H3,(H,18,21). The van der Waals surface area contributed by atoms with E-state index in [0.29, 0.717) is 31.5 Å². The fourth-order valence-corrected chi connectivity index (χ4v) is 2.69. The van der Waals surface area contributed by atoms with Crippen LogP contribution in [-0.4, -0.2) is 42.4 Å². The molecule has 5 heteroatoms. The first-order chi connectivity index (χ1) is 10.1. The van der Waals surface area contributed by atoms with Crippen molar-refractivity contribution in [2.24, 2.45) is 5.73 Å². The van der Waals surface area contributed by atoms with Crippen molar-refractivity contribution in [2.75, 3.05) is 19.6 Å². The van der Waals surface area contributed by atoms with E-state index in [2.05, 4.69) is 5.32 Å². The van der Waals surface area contributed by atoms with Crippen LogP contribution in [0.5, 0.6) is 0 Å². The number of hydrogen-bond acceptors (Lipinski definition) is 3. The van der Waals surface area contributed by atoms with Crippen molar-refractivity contribution in [1.29, 1.82) is 0 Å². The zero-order chi connectivity index (χ0) is 15.2. The average Bonchev–Trinajstić information content (AvgIpc) is 2.85. The molecule has 0 saturated carbocycles. The van der Waals surface area contributed by atoms with Crippen LogP contribution in [0.4, 0.5) is 0 Å².